The van der Waals surface area contributed by atoms with Crippen LogP contribution in [0.3, 0.4) is 0 Å². The minimum Gasteiger partial charge on any atom is -0.457 e. The molecule has 1 unspecified atom stereocenters. The molecule has 5 heteroatoms. The van der Waals surface area contributed by atoms with Crippen molar-refractivity contribution in [1.82, 2.24) is 0 Å². The molecule has 118 valence electrons. The standard InChI is InChI=1S/C17H20O5/c1-16-5-4-6-17(2)13(16)11(21-15(17)19)7-9-10(16)8-12(18)22-14(9)20-3/h7-8,11,13-14H,4-6H2,1-3H3/t11-,13?,14-,16-,17+/m1/s1. The van der Waals surface area contributed by atoms with Crippen LogP contribution in [0.25, 0.3) is 0 Å². The van der Waals surface area contributed by atoms with Gasteiger partial charge >= 0.3 is 11.9 Å². The van der Waals surface area contributed by atoms with Crippen molar-refractivity contribution < 1.29 is 23.8 Å². The Morgan fingerprint density at radius 1 is 1.18 bits per heavy atom. The van der Waals surface area contributed by atoms with Gasteiger partial charge < -0.3 is 14.2 Å². The van der Waals surface area contributed by atoms with E-state index in [9.17, 15) is 9.59 Å². The summed E-state index contributed by atoms with van der Waals surface area (Å²) in [5.74, 6) is -0.429. The van der Waals surface area contributed by atoms with Crippen molar-refractivity contribution in [3.63, 3.8) is 0 Å². The zero-order valence-corrected chi connectivity index (χ0v) is 13.0. The van der Waals surface area contributed by atoms with Crippen LogP contribution in [0, 0.1) is 16.7 Å². The second-order valence-corrected chi connectivity index (χ2v) is 7.22. The first kappa shape index (κ1) is 14.0. The molecule has 0 N–H and O–H groups in total. The highest BCUT2D eigenvalue weighted by atomic mass is 16.7. The van der Waals surface area contributed by atoms with Crippen molar-refractivity contribution in [3.05, 3.63) is 23.3 Å². The Morgan fingerprint density at radius 2 is 1.91 bits per heavy atom. The molecular formula is C17H20O5. The number of cyclic esters (lactones) is 1. The summed E-state index contributed by atoms with van der Waals surface area (Å²) in [4.78, 5) is 24.4. The molecule has 2 aliphatic carbocycles. The molecule has 0 bridgehead atoms. The highest BCUT2D eigenvalue weighted by Crippen LogP contribution is 2.64. The number of rotatable bonds is 1. The topological polar surface area (TPSA) is 61.8 Å². The molecule has 1 saturated heterocycles. The highest BCUT2D eigenvalue weighted by molar-refractivity contribution is 5.87. The maximum Gasteiger partial charge on any atom is 0.333 e. The summed E-state index contributed by atoms with van der Waals surface area (Å²) in [6.45, 7) is 4.15. The van der Waals surface area contributed by atoms with E-state index in [1.807, 2.05) is 13.0 Å². The van der Waals surface area contributed by atoms with E-state index in [0.717, 1.165) is 30.4 Å². The van der Waals surface area contributed by atoms with Gasteiger partial charge in [0.2, 0.25) is 6.29 Å². The van der Waals surface area contributed by atoms with Crippen LogP contribution in [0.2, 0.25) is 0 Å². The summed E-state index contributed by atoms with van der Waals surface area (Å²) in [6, 6.07) is 0. The summed E-state index contributed by atoms with van der Waals surface area (Å²) >= 11 is 0. The number of hydrogen-bond donors (Lipinski definition) is 0. The van der Waals surface area contributed by atoms with Gasteiger partial charge in [-0.3, -0.25) is 4.79 Å². The minimum absolute atomic E-state index is 0.0691. The molecule has 2 aliphatic heterocycles. The summed E-state index contributed by atoms with van der Waals surface area (Å²) in [5.41, 5.74) is 1.07. The Bertz CT molecular complexity index is 633. The summed E-state index contributed by atoms with van der Waals surface area (Å²) in [6.07, 6.45) is 5.26. The predicted molar refractivity (Wildman–Crippen MR) is 76.5 cm³/mol. The van der Waals surface area contributed by atoms with Gasteiger partial charge in [-0.1, -0.05) is 13.3 Å². The molecule has 2 fully saturated rings. The first-order valence-electron chi connectivity index (χ1n) is 7.79. The first-order chi connectivity index (χ1) is 10.4. The fourth-order valence-corrected chi connectivity index (χ4v) is 5.10. The molecule has 22 heavy (non-hydrogen) atoms. The van der Waals surface area contributed by atoms with Gasteiger partial charge in [-0.25, -0.2) is 4.79 Å². The summed E-state index contributed by atoms with van der Waals surface area (Å²) in [5, 5.41) is 0. The van der Waals surface area contributed by atoms with E-state index in [1.165, 1.54) is 7.11 Å². The largest absolute Gasteiger partial charge is 0.457 e. The quantitative estimate of drug-likeness (QED) is 0.694. The third-order valence-electron chi connectivity index (χ3n) is 6.03. The molecule has 5 nitrogen and oxygen atoms in total. The minimum atomic E-state index is -0.710. The van der Waals surface area contributed by atoms with Crippen molar-refractivity contribution in [2.45, 2.75) is 45.5 Å². The van der Waals surface area contributed by atoms with Crippen LogP contribution < -0.4 is 0 Å². The lowest BCUT2D eigenvalue weighted by Crippen LogP contribution is -2.51. The van der Waals surface area contributed by atoms with Crippen LogP contribution in [-0.4, -0.2) is 31.4 Å². The number of hydrogen-bond acceptors (Lipinski definition) is 5. The van der Waals surface area contributed by atoms with Gasteiger partial charge in [0.1, 0.15) is 6.10 Å². The van der Waals surface area contributed by atoms with E-state index in [-0.39, 0.29) is 29.4 Å². The highest BCUT2D eigenvalue weighted by Gasteiger charge is 2.65. The predicted octanol–water partition coefficient (Wildman–Crippen LogP) is 2.12. The Balaban J connectivity index is 1.92. The number of carbonyl (C=O) groups is 2. The Morgan fingerprint density at radius 3 is 2.64 bits per heavy atom. The third kappa shape index (κ3) is 1.52. The molecule has 0 aromatic carbocycles. The van der Waals surface area contributed by atoms with Gasteiger partial charge in [-0.2, -0.15) is 0 Å². The molecule has 0 aromatic heterocycles. The second-order valence-electron chi connectivity index (χ2n) is 7.22. The van der Waals surface area contributed by atoms with E-state index in [4.69, 9.17) is 14.2 Å². The van der Waals surface area contributed by atoms with E-state index in [1.54, 1.807) is 6.08 Å². The van der Waals surface area contributed by atoms with Crippen LogP contribution in [0.4, 0.5) is 0 Å². The van der Waals surface area contributed by atoms with Crippen LogP contribution in [0.1, 0.15) is 33.1 Å². The third-order valence-corrected chi connectivity index (χ3v) is 6.03. The molecule has 0 radical (unpaired) electrons. The monoisotopic (exact) mass is 304 g/mol. The van der Waals surface area contributed by atoms with Gasteiger partial charge in [-0.05, 0) is 31.4 Å². The lowest BCUT2D eigenvalue weighted by atomic mass is 9.50. The molecular weight excluding hydrogens is 284 g/mol. The Hall–Kier alpha value is -1.62. The van der Waals surface area contributed by atoms with Crippen LogP contribution in [-0.2, 0) is 23.8 Å². The summed E-state index contributed by atoms with van der Waals surface area (Å²) < 4.78 is 16.2. The van der Waals surface area contributed by atoms with Gasteiger partial charge in [0.15, 0.2) is 0 Å². The molecule has 0 aromatic rings. The Kier molecular flexibility index (Phi) is 2.69. The fourth-order valence-electron chi connectivity index (χ4n) is 5.10. The SMILES string of the molecule is CO[C@@H]1OC(=O)C=C2C1=C[C@H]1OC(=O)[C@@]3(C)CCC[C@@]2(C)C13. The normalized spacial score (nSPS) is 46.0. The fraction of sp³-hybridized carbons (Fsp3) is 0.647. The molecule has 0 spiro atoms. The van der Waals surface area contributed by atoms with Crippen molar-refractivity contribution in [1.29, 1.82) is 0 Å². The van der Waals surface area contributed by atoms with Crippen LogP contribution in [0.5, 0.6) is 0 Å². The van der Waals surface area contributed by atoms with Crippen LogP contribution >= 0.6 is 0 Å². The van der Waals surface area contributed by atoms with E-state index in [0.29, 0.717) is 0 Å². The van der Waals surface area contributed by atoms with E-state index < -0.39 is 11.7 Å². The molecule has 0 amide bonds. The zero-order chi connectivity index (χ0) is 15.7. The second kappa shape index (κ2) is 4.22. The average Bonchev–Trinajstić information content (AvgIpc) is 2.72. The van der Waals surface area contributed by atoms with Gasteiger partial charge in [0, 0.05) is 30.1 Å². The first-order valence-corrected chi connectivity index (χ1v) is 7.79. The lowest BCUT2D eigenvalue weighted by Gasteiger charge is -2.52. The maximum absolute atomic E-state index is 12.4. The van der Waals surface area contributed by atoms with Gasteiger partial charge in [0.25, 0.3) is 0 Å². The zero-order valence-electron chi connectivity index (χ0n) is 13.0. The van der Waals surface area contributed by atoms with Crippen molar-refractivity contribution in [2.75, 3.05) is 7.11 Å². The number of fused-ring (bicyclic) bond motifs is 2. The van der Waals surface area contributed by atoms with E-state index in [2.05, 4.69) is 6.92 Å². The number of esters is 2. The van der Waals surface area contributed by atoms with Gasteiger partial charge in [-0.15, -0.1) is 0 Å². The lowest BCUT2D eigenvalue weighted by molar-refractivity contribution is -0.163. The van der Waals surface area contributed by atoms with Crippen molar-refractivity contribution in [2.24, 2.45) is 16.7 Å². The average molecular weight is 304 g/mol. The van der Waals surface area contributed by atoms with Crippen molar-refractivity contribution >= 4 is 11.9 Å². The Labute approximate surface area is 129 Å². The van der Waals surface area contributed by atoms with E-state index >= 15 is 0 Å². The van der Waals surface area contributed by atoms with Gasteiger partial charge in [0.05, 0.1) is 5.41 Å². The van der Waals surface area contributed by atoms with Crippen molar-refractivity contribution in [3.8, 4) is 0 Å². The molecule has 2 heterocycles. The molecule has 1 saturated carbocycles. The molecule has 5 atom stereocenters. The molecule has 4 aliphatic rings. The number of carbonyl (C=O) groups excluding carboxylic acids is 2. The smallest absolute Gasteiger partial charge is 0.333 e. The van der Waals surface area contributed by atoms with Crippen LogP contribution in [0.15, 0.2) is 23.3 Å². The summed E-state index contributed by atoms with van der Waals surface area (Å²) in [7, 11) is 1.52. The molecule has 4 rings (SSSR count). The number of methoxy groups -OCH3 is 1. The number of ether oxygens (including phenoxy) is 3. The maximum atomic E-state index is 12.4.